The van der Waals surface area contributed by atoms with Crippen LogP contribution in [0.2, 0.25) is 0 Å². The summed E-state index contributed by atoms with van der Waals surface area (Å²) in [7, 11) is 0. The fourth-order valence-electron chi connectivity index (χ4n) is 4.17. The summed E-state index contributed by atoms with van der Waals surface area (Å²) < 4.78 is -1.72. The van der Waals surface area contributed by atoms with Gasteiger partial charge in [0.25, 0.3) is 0 Å². The van der Waals surface area contributed by atoms with Crippen molar-refractivity contribution in [2.45, 2.75) is 42.0 Å². The Bertz CT molecular complexity index is 574. The maximum absolute atomic E-state index is 4.59. The summed E-state index contributed by atoms with van der Waals surface area (Å²) in [6, 6.07) is 0. The average Bonchev–Trinajstić information content (AvgIpc) is 3.05. The Labute approximate surface area is 323 Å². The van der Waals surface area contributed by atoms with Crippen molar-refractivity contribution in [2.24, 2.45) is 0 Å². The molecule has 4 heterocycles. The number of thiol groups is 4. The lowest BCUT2D eigenvalue weighted by molar-refractivity contribution is 1.06. The molecule has 4 fully saturated rings. The molecule has 8 unspecified atom stereocenters. The fourth-order valence-corrected chi connectivity index (χ4v) is 42.0. The van der Waals surface area contributed by atoms with E-state index in [4.69, 9.17) is 0 Å². The van der Waals surface area contributed by atoms with Gasteiger partial charge < -0.3 is 0 Å². The summed E-state index contributed by atoms with van der Waals surface area (Å²) in [5, 5.41) is 6.19. The van der Waals surface area contributed by atoms with Crippen LogP contribution in [0.25, 0.3) is 0 Å². The van der Waals surface area contributed by atoms with Crippen LogP contribution in [0.1, 0.15) is 0 Å². The third-order valence-electron chi connectivity index (χ3n) is 6.74. The van der Waals surface area contributed by atoms with Gasteiger partial charge in [-0.2, -0.15) is 189 Å². The van der Waals surface area contributed by atoms with Crippen LogP contribution < -0.4 is 0 Å². The lowest BCUT2D eigenvalue weighted by atomic mass is 10.5. The molecule has 0 aromatic carbocycles. The number of hydrogen-bond donors (Lipinski definition) is 4. The van der Waals surface area contributed by atoms with E-state index in [0.717, 1.165) is 65.0 Å². The highest BCUT2D eigenvalue weighted by molar-refractivity contribution is 9.00. The zero-order valence-corrected chi connectivity index (χ0v) is 37.5. The third kappa shape index (κ3) is 14.5. The Kier molecular flexibility index (Phi) is 21.8. The van der Waals surface area contributed by atoms with E-state index in [0.29, 0.717) is 0 Å². The third-order valence-corrected chi connectivity index (χ3v) is 45.9. The van der Waals surface area contributed by atoms with Crippen molar-refractivity contribution in [2.75, 3.05) is 92.0 Å². The predicted octanol–water partition coefficient (Wildman–Crippen LogP) is 8.94. The van der Waals surface area contributed by atoms with Crippen molar-refractivity contribution in [1.29, 1.82) is 0 Å². The molecule has 4 saturated heterocycles. The van der Waals surface area contributed by atoms with Gasteiger partial charge >= 0.3 is 4.67 Å². The zero-order chi connectivity index (χ0) is 28.9. The second-order valence-corrected chi connectivity index (χ2v) is 41.2. The minimum atomic E-state index is -1.72. The van der Waals surface area contributed by atoms with Crippen LogP contribution in [-0.2, 0) is 0 Å². The topological polar surface area (TPSA) is 0 Å². The first-order valence-corrected chi connectivity index (χ1v) is 33.7. The molecule has 0 N–H and O–H groups in total. The van der Waals surface area contributed by atoms with Crippen molar-refractivity contribution in [3.63, 3.8) is 0 Å². The molecule has 0 aliphatic carbocycles. The van der Waals surface area contributed by atoms with E-state index < -0.39 is 4.67 Å². The smallest absolute Gasteiger partial charge is 0.178 e. The number of thioether (sulfide) groups is 8. The Balaban J connectivity index is 1.41. The molecule has 0 spiro atoms. The Morgan fingerprint density at radius 3 is 0.732 bits per heavy atom. The highest BCUT2D eigenvalue weighted by Crippen LogP contribution is 2.54. The van der Waals surface area contributed by atoms with Crippen molar-refractivity contribution in [3.05, 3.63) is 0 Å². The van der Waals surface area contributed by atoms with Crippen LogP contribution in [0, 0.1) is 0 Å². The van der Waals surface area contributed by atoms with Gasteiger partial charge in [0.1, 0.15) is 0 Å². The maximum Gasteiger partial charge on any atom is 0.300 e. The minimum Gasteiger partial charge on any atom is -0.178 e. The predicted molar refractivity (Wildman–Crippen MR) is 241 cm³/mol. The SMILES string of the molecule is SCC1CSC(CS[Si](SCC2CSC(CS)CS2)(SCC2CSC(CS)CS2)SCC2CSC(CS)CS2)CS1. The van der Waals surface area contributed by atoms with Gasteiger partial charge in [0.15, 0.2) is 0 Å². The molecule has 0 amide bonds. The Hall–Kier alpha value is 5.82. The highest BCUT2D eigenvalue weighted by Gasteiger charge is 2.41. The molecule has 8 atom stereocenters. The van der Waals surface area contributed by atoms with Gasteiger partial charge in [0.2, 0.25) is 0 Å². The quantitative estimate of drug-likeness (QED) is 0.0866. The van der Waals surface area contributed by atoms with Crippen molar-refractivity contribution >= 4 is 194 Å². The van der Waals surface area contributed by atoms with Gasteiger partial charge in [-0.3, -0.25) is 0 Å². The normalized spacial score (nSPS) is 36.6. The summed E-state index contributed by atoms with van der Waals surface area (Å²) in [6.45, 7) is 0. The van der Waals surface area contributed by atoms with E-state index >= 15 is 0 Å². The highest BCUT2D eigenvalue weighted by atomic mass is 32.9. The van der Waals surface area contributed by atoms with Crippen molar-refractivity contribution in [1.82, 2.24) is 0 Å². The van der Waals surface area contributed by atoms with Crippen LogP contribution in [0.4, 0.5) is 0 Å². The summed E-state index contributed by atoms with van der Waals surface area (Å²) in [5.41, 5.74) is 0. The monoisotopic (exact) mass is 872 g/mol. The van der Waals surface area contributed by atoms with E-state index in [1.54, 1.807) is 0 Å². The number of hydrogen-bond acceptors (Lipinski definition) is 16. The first-order chi connectivity index (χ1) is 20.0. The van der Waals surface area contributed by atoms with Crippen LogP contribution in [0.15, 0.2) is 0 Å². The minimum absolute atomic E-state index is 0.746. The Morgan fingerprint density at radius 2 is 0.561 bits per heavy atom. The standard InChI is InChI=1S/C24H44S16Si/c25-1-17-5-33-21(9-29-17)13-37-41(38-14-22-10-30-18(2-26)6-34-22,39-15-23-11-31-19(3-27)7-35-23)40-16-24-12-32-20(4-28)8-36-24/h17-28H,1-16H2. The van der Waals surface area contributed by atoms with Gasteiger partial charge in [-0.05, 0) is 0 Å². The maximum atomic E-state index is 4.59. The molecule has 240 valence electrons. The summed E-state index contributed by atoms with van der Waals surface area (Å²) in [4.78, 5) is 0. The second kappa shape index (κ2) is 22.6. The molecule has 0 radical (unpaired) electrons. The van der Waals surface area contributed by atoms with E-state index in [-0.39, 0.29) is 0 Å². The number of rotatable bonds is 16. The molecule has 0 aromatic rings. The molecule has 41 heavy (non-hydrogen) atoms. The van der Waals surface area contributed by atoms with Gasteiger partial charge in [-0.25, -0.2) is 0 Å². The average molecular weight is 874 g/mol. The fraction of sp³-hybridized carbons (Fsp3) is 1.00. The molecule has 0 bridgehead atoms. The van der Waals surface area contributed by atoms with Crippen LogP contribution in [-0.4, -0.2) is 139 Å². The summed E-state index contributed by atoms with van der Waals surface area (Å²) in [6.07, 6.45) is 0. The van der Waals surface area contributed by atoms with Gasteiger partial charge in [-0.1, -0.05) is 0 Å². The lowest BCUT2D eigenvalue weighted by Crippen LogP contribution is -2.33. The molecule has 17 heteroatoms. The summed E-state index contributed by atoms with van der Waals surface area (Å²) >= 11 is 45.9. The van der Waals surface area contributed by atoms with Crippen LogP contribution in [0.3, 0.4) is 0 Å². The molecular formula is C24H44S16Si. The van der Waals surface area contributed by atoms with Crippen LogP contribution in [0.5, 0.6) is 0 Å². The van der Waals surface area contributed by atoms with Gasteiger partial charge in [0, 0.05) is 134 Å². The van der Waals surface area contributed by atoms with Crippen LogP contribution >= 0.6 is 189 Å². The van der Waals surface area contributed by atoms with E-state index in [2.05, 4.69) is 189 Å². The Morgan fingerprint density at radius 1 is 0.366 bits per heavy atom. The largest absolute Gasteiger partial charge is 0.300 e. The van der Waals surface area contributed by atoms with E-state index in [9.17, 15) is 0 Å². The lowest BCUT2D eigenvalue weighted by Gasteiger charge is -2.37. The van der Waals surface area contributed by atoms with Crippen molar-refractivity contribution < 1.29 is 0 Å². The van der Waals surface area contributed by atoms with Crippen molar-refractivity contribution in [3.8, 4) is 0 Å². The molecular weight excluding hydrogens is 829 g/mol. The molecule has 4 aliphatic heterocycles. The molecule has 4 rings (SSSR count). The zero-order valence-electron chi connectivity index (χ0n) is 23.1. The van der Waals surface area contributed by atoms with E-state index in [1.165, 1.54) is 69.0 Å². The second-order valence-electron chi connectivity index (χ2n) is 10.1. The molecule has 0 saturated carbocycles. The first-order valence-electron chi connectivity index (χ1n) is 14.0. The first kappa shape index (κ1) is 39.6. The molecule has 4 aliphatic rings. The van der Waals surface area contributed by atoms with E-state index in [1.807, 2.05) is 0 Å². The van der Waals surface area contributed by atoms with Gasteiger partial charge in [0.05, 0.1) is 0 Å². The molecule has 0 nitrogen and oxygen atoms in total. The molecule has 0 aromatic heterocycles. The summed E-state index contributed by atoms with van der Waals surface area (Å²) in [5.74, 6) is 19.9. The van der Waals surface area contributed by atoms with Gasteiger partial charge in [-0.15, -0.1) is 0 Å².